The van der Waals surface area contributed by atoms with Gasteiger partial charge in [0, 0.05) is 0 Å². The van der Waals surface area contributed by atoms with Crippen LogP contribution in [0.3, 0.4) is 0 Å². The van der Waals surface area contributed by atoms with Gasteiger partial charge in [-0.15, -0.1) is 0 Å². The van der Waals surface area contributed by atoms with Crippen LogP contribution >= 0.6 is 0 Å². The fraction of sp³-hybridized carbons (Fsp3) is 0.316. The van der Waals surface area contributed by atoms with Gasteiger partial charge in [-0.1, -0.05) is 12.1 Å². The quantitative estimate of drug-likeness (QED) is 0.497. The van der Waals surface area contributed by atoms with Crippen molar-refractivity contribution in [2.75, 3.05) is 19.8 Å². The summed E-state index contributed by atoms with van der Waals surface area (Å²) in [5.41, 5.74) is 6.14. The van der Waals surface area contributed by atoms with Crippen molar-refractivity contribution in [3.8, 4) is 17.2 Å². The lowest BCUT2D eigenvalue weighted by molar-refractivity contribution is -0.0431. The van der Waals surface area contributed by atoms with Gasteiger partial charge < -0.3 is 20.3 Å². The zero-order chi connectivity index (χ0) is 18.5. The van der Waals surface area contributed by atoms with E-state index in [0.717, 1.165) is 12.0 Å². The molecule has 0 saturated heterocycles. The van der Waals surface area contributed by atoms with Crippen molar-refractivity contribution >= 4 is 6.03 Å². The molecular formula is C19H22N2O5. The third-order valence-corrected chi connectivity index (χ3v) is 4.29. The molecule has 2 aromatic rings. The lowest BCUT2D eigenvalue weighted by Crippen LogP contribution is -2.34. The van der Waals surface area contributed by atoms with Crippen LogP contribution in [-0.2, 0) is 0 Å². The molecule has 1 saturated carbocycles. The number of amides is 2. The minimum atomic E-state index is -0.834. The second kappa shape index (κ2) is 8.07. The topological polar surface area (TPSA) is 105 Å². The molecule has 26 heavy (non-hydrogen) atoms. The molecule has 138 valence electrons. The number of benzene rings is 2. The van der Waals surface area contributed by atoms with Crippen molar-refractivity contribution < 1.29 is 24.6 Å². The van der Waals surface area contributed by atoms with Crippen molar-refractivity contribution in [2.24, 2.45) is 11.7 Å². The summed E-state index contributed by atoms with van der Waals surface area (Å²) in [5.74, 6) is 2.55. The first-order valence-electron chi connectivity index (χ1n) is 8.44. The van der Waals surface area contributed by atoms with Gasteiger partial charge in [-0.3, -0.25) is 5.21 Å². The average molecular weight is 358 g/mol. The fourth-order valence-electron chi connectivity index (χ4n) is 2.88. The van der Waals surface area contributed by atoms with Crippen molar-refractivity contribution in [2.45, 2.75) is 12.3 Å². The van der Waals surface area contributed by atoms with Crippen LogP contribution in [0.4, 0.5) is 4.79 Å². The van der Waals surface area contributed by atoms with Gasteiger partial charge in [-0.2, -0.15) is 0 Å². The van der Waals surface area contributed by atoms with E-state index in [4.69, 9.17) is 20.3 Å². The number of aliphatic hydroxyl groups excluding tert-OH is 1. The molecule has 2 amide bonds. The first-order valence-corrected chi connectivity index (χ1v) is 8.44. The highest BCUT2D eigenvalue weighted by Crippen LogP contribution is 2.48. The molecule has 7 nitrogen and oxygen atoms in total. The Morgan fingerprint density at radius 3 is 2.58 bits per heavy atom. The van der Waals surface area contributed by atoms with Gasteiger partial charge in [0.1, 0.15) is 23.9 Å². The molecule has 1 aliphatic rings. The lowest BCUT2D eigenvalue weighted by atomic mass is 10.1. The van der Waals surface area contributed by atoms with E-state index >= 15 is 0 Å². The number of nitrogens with two attached hydrogens (primary N) is 1. The Morgan fingerprint density at radius 1 is 1.15 bits per heavy atom. The van der Waals surface area contributed by atoms with Crippen molar-refractivity contribution in [3.63, 3.8) is 0 Å². The minimum absolute atomic E-state index is 0.0271. The maximum atomic E-state index is 10.9. The first kappa shape index (κ1) is 18.0. The summed E-state index contributed by atoms with van der Waals surface area (Å²) in [6, 6.07) is 14.1. The molecule has 2 atom stereocenters. The number of rotatable bonds is 8. The van der Waals surface area contributed by atoms with E-state index in [-0.39, 0.29) is 31.6 Å². The molecule has 2 unspecified atom stereocenters. The largest absolute Gasteiger partial charge is 0.491 e. The molecule has 0 spiro atoms. The van der Waals surface area contributed by atoms with Crippen LogP contribution in [0.25, 0.3) is 0 Å². The van der Waals surface area contributed by atoms with E-state index in [1.54, 1.807) is 24.3 Å². The summed E-state index contributed by atoms with van der Waals surface area (Å²) in [6.45, 7) is 0.465. The van der Waals surface area contributed by atoms with Crippen molar-refractivity contribution in [1.29, 1.82) is 0 Å². The maximum absolute atomic E-state index is 10.9. The van der Waals surface area contributed by atoms with Gasteiger partial charge in [0.2, 0.25) is 0 Å². The molecule has 7 heteroatoms. The van der Waals surface area contributed by atoms with Gasteiger partial charge in [0.25, 0.3) is 0 Å². The summed E-state index contributed by atoms with van der Waals surface area (Å²) in [4.78, 5) is 10.9. The summed E-state index contributed by atoms with van der Waals surface area (Å²) in [6.07, 6.45) is 0.894. The third kappa shape index (κ3) is 4.65. The van der Waals surface area contributed by atoms with Gasteiger partial charge in [-0.25, -0.2) is 9.86 Å². The predicted molar refractivity (Wildman–Crippen MR) is 94.5 cm³/mol. The molecule has 1 fully saturated rings. The van der Waals surface area contributed by atoms with Crippen LogP contribution < -0.4 is 15.2 Å². The molecule has 0 heterocycles. The van der Waals surface area contributed by atoms with E-state index in [2.05, 4.69) is 0 Å². The standard InChI is InChI=1S/C19H22N2O5/c20-19(23)21(24)12-14-11-18(14)13-2-1-3-17(10-13)26-16-6-4-15(5-7-16)25-9-8-22/h1-7,10,14,18,22,24H,8-9,11-12H2,(H2,20,23). The highest BCUT2D eigenvalue weighted by Gasteiger charge is 2.40. The van der Waals surface area contributed by atoms with Crippen LogP contribution in [-0.4, -0.2) is 41.2 Å². The van der Waals surface area contributed by atoms with E-state index < -0.39 is 6.03 Å². The summed E-state index contributed by atoms with van der Waals surface area (Å²) >= 11 is 0. The average Bonchev–Trinajstić information content (AvgIpc) is 3.40. The number of carbonyl (C=O) groups is 1. The Labute approximate surface area is 151 Å². The molecule has 0 aliphatic heterocycles. The smallest absolute Gasteiger partial charge is 0.338 e. The van der Waals surface area contributed by atoms with E-state index in [0.29, 0.717) is 22.3 Å². The number of aliphatic hydroxyl groups is 1. The molecule has 0 aromatic heterocycles. The van der Waals surface area contributed by atoms with E-state index in [9.17, 15) is 10.0 Å². The Balaban J connectivity index is 1.59. The number of nitrogens with zero attached hydrogens (tertiary/aromatic N) is 1. The first-order chi connectivity index (χ1) is 12.6. The molecule has 3 rings (SSSR count). The second-order valence-electron chi connectivity index (χ2n) is 6.24. The zero-order valence-electron chi connectivity index (χ0n) is 14.2. The minimum Gasteiger partial charge on any atom is -0.491 e. The van der Waals surface area contributed by atoms with Gasteiger partial charge in [0.05, 0.1) is 13.2 Å². The predicted octanol–water partition coefficient (Wildman–Crippen LogP) is 2.72. The highest BCUT2D eigenvalue weighted by molar-refractivity contribution is 5.70. The number of urea groups is 1. The van der Waals surface area contributed by atoms with Crippen LogP contribution in [0.1, 0.15) is 17.9 Å². The van der Waals surface area contributed by atoms with Gasteiger partial charge >= 0.3 is 6.03 Å². The highest BCUT2D eigenvalue weighted by atomic mass is 16.5. The fourth-order valence-corrected chi connectivity index (χ4v) is 2.88. The summed E-state index contributed by atoms with van der Waals surface area (Å²) in [5, 5.41) is 18.8. The molecule has 4 N–H and O–H groups in total. The number of hydrogen-bond acceptors (Lipinski definition) is 5. The van der Waals surface area contributed by atoms with Crippen molar-refractivity contribution in [1.82, 2.24) is 5.06 Å². The van der Waals surface area contributed by atoms with Crippen LogP contribution in [0.2, 0.25) is 0 Å². The molecule has 0 radical (unpaired) electrons. The third-order valence-electron chi connectivity index (χ3n) is 4.29. The lowest BCUT2D eigenvalue weighted by Gasteiger charge is -2.12. The second-order valence-corrected chi connectivity index (χ2v) is 6.24. The number of primary amides is 1. The Hall–Kier alpha value is -2.77. The van der Waals surface area contributed by atoms with Crippen LogP contribution in [0.15, 0.2) is 48.5 Å². The molecule has 0 bridgehead atoms. The van der Waals surface area contributed by atoms with Crippen LogP contribution in [0, 0.1) is 5.92 Å². The Bertz CT molecular complexity index is 750. The van der Waals surface area contributed by atoms with E-state index in [1.165, 1.54) is 0 Å². The Kier molecular flexibility index (Phi) is 5.60. The van der Waals surface area contributed by atoms with Gasteiger partial charge in [0.15, 0.2) is 0 Å². The van der Waals surface area contributed by atoms with Gasteiger partial charge in [-0.05, 0) is 60.2 Å². The normalized spacial score (nSPS) is 18.2. The number of carbonyl (C=O) groups excluding carboxylic acids is 1. The monoisotopic (exact) mass is 358 g/mol. The maximum Gasteiger partial charge on any atom is 0.338 e. The van der Waals surface area contributed by atoms with Crippen molar-refractivity contribution in [3.05, 3.63) is 54.1 Å². The molecule has 1 aliphatic carbocycles. The number of ether oxygens (including phenoxy) is 2. The number of hydrogen-bond donors (Lipinski definition) is 3. The molecular weight excluding hydrogens is 336 g/mol. The van der Waals surface area contributed by atoms with E-state index in [1.807, 2.05) is 24.3 Å². The number of hydroxylamine groups is 2. The summed E-state index contributed by atoms with van der Waals surface area (Å²) < 4.78 is 11.2. The SMILES string of the molecule is NC(=O)N(O)CC1CC1c1cccc(Oc2ccc(OCCO)cc2)c1. The van der Waals surface area contributed by atoms with Crippen LogP contribution in [0.5, 0.6) is 17.2 Å². The summed E-state index contributed by atoms with van der Waals surface area (Å²) in [7, 11) is 0. The molecule has 2 aromatic carbocycles. The Morgan fingerprint density at radius 2 is 1.88 bits per heavy atom. The zero-order valence-corrected chi connectivity index (χ0v) is 14.2.